The van der Waals surface area contributed by atoms with Crippen molar-refractivity contribution in [2.45, 2.75) is 13.3 Å². The molecule has 0 unspecified atom stereocenters. The molecule has 6 heteroatoms. The maximum Gasteiger partial charge on any atom is 0.323 e. The Balaban J connectivity index is 1.80. The van der Waals surface area contributed by atoms with E-state index in [0.29, 0.717) is 5.82 Å². The van der Waals surface area contributed by atoms with Gasteiger partial charge in [0.1, 0.15) is 11.6 Å². The molecule has 0 aliphatic heterocycles. The second-order valence-electron chi connectivity index (χ2n) is 4.24. The molecular weight excluding hydrogens is 334 g/mol. The van der Waals surface area contributed by atoms with Crippen molar-refractivity contribution in [2.75, 3.05) is 12.0 Å². The van der Waals surface area contributed by atoms with E-state index in [1.54, 1.807) is 18.3 Å². The molecule has 2 amide bonds. The molecule has 0 aliphatic carbocycles. The van der Waals surface area contributed by atoms with E-state index in [-0.39, 0.29) is 12.8 Å². The number of ether oxygens (including phenoxy) is 1. The number of urea groups is 1. The Morgan fingerprint density at radius 3 is 2.81 bits per heavy atom. The zero-order valence-electron chi connectivity index (χ0n) is 11.6. The second-order valence-corrected chi connectivity index (χ2v) is 5.16. The second kappa shape index (κ2) is 7.64. The summed E-state index contributed by atoms with van der Waals surface area (Å²) in [5.74, 6) is 1.26. The summed E-state index contributed by atoms with van der Waals surface area (Å²) in [5, 5.41) is 5.24. The van der Waals surface area contributed by atoms with Gasteiger partial charge in [-0.25, -0.2) is 9.78 Å². The van der Waals surface area contributed by atoms with Gasteiger partial charge in [0.25, 0.3) is 0 Å². The summed E-state index contributed by atoms with van der Waals surface area (Å²) in [4.78, 5) is 15.7. The molecule has 2 aromatic rings. The highest BCUT2D eigenvalue weighted by molar-refractivity contribution is 9.10. The van der Waals surface area contributed by atoms with Gasteiger partial charge in [-0.15, -0.1) is 0 Å². The molecule has 0 radical (unpaired) electrons. The maximum absolute atomic E-state index is 11.7. The van der Waals surface area contributed by atoms with Gasteiger partial charge >= 0.3 is 6.03 Å². The largest absolute Gasteiger partial charge is 0.473 e. The van der Waals surface area contributed by atoms with Crippen LogP contribution in [0.15, 0.2) is 47.1 Å². The van der Waals surface area contributed by atoms with Crippen LogP contribution in [0.5, 0.6) is 5.75 Å². The molecule has 21 heavy (non-hydrogen) atoms. The number of benzene rings is 1. The zero-order valence-corrected chi connectivity index (χ0v) is 13.2. The van der Waals surface area contributed by atoms with Crippen LogP contribution in [0.4, 0.5) is 10.6 Å². The lowest BCUT2D eigenvalue weighted by Gasteiger charge is -2.11. The number of aryl methyl sites for hydroxylation is 1. The summed E-state index contributed by atoms with van der Waals surface area (Å²) in [6.45, 7) is 2.15. The van der Waals surface area contributed by atoms with Gasteiger partial charge in [-0.1, -0.05) is 25.1 Å². The van der Waals surface area contributed by atoms with Crippen molar-refractivity contribution in [1.82, 2.24) is 10.3 Å². The summed E-state index contributed by atoms with van der Waals surface area (Å²) in [6.07, 6.45) is 2.49. The van der Waals surface area contributed by atoms with E-state index in [4.69, 9.17) is 4.74 Å². The summed E-state index contributed by atoms with van der Waals surface area (Å²) >= 11 is 3.28. The van der Waals surface area contributed by atoms with E-state index >= 15 is 0 Å². The first-order valence-electron chi connectivity index (χ1n) is 6.56. The molecule has 0 saturated heterocycles. The minimum Gasteiger partial charge on any atom is -0.473 e. The molecule has 1 heterocycles. The van der Waals surface area contributed by atoms with E-state index in [1.165, 1.54) is 0 Å². The van der Waals surface area contributed by atoms with Crippen LogP contribution in [-0.2, 0) is 6.42 Å². The van der Waals surface area contributed by atoms with Crippen molar-refractivity contribution in [2.24, 2.45) is 0 Å². The fourth-order valence-electron chi connectivity index (χ4n) is 1.73. The van der Waals surface area contributed by atoms with E-state index in [1.807, 2.05) is 24.3 Å². The maximum atomic E-state index is 11.7. The van der Waals surface area contributed by atoms with E-state index in [0.717, 1.165) is 22.2 Å². The van der Waals surface area contributed by atoms with Gasteiger partial charge in [0.05, 0.1) is 0 Å². The van der Waals surface area contributed by atoms with Gasteiger partial charge in [-0.05, 0) is 46.1 Å². The van der Waals surface area contributed by atoms with Crippen LogP contribution in [0.1, 0.15) is 12.5 Å². The molecule has 0 saturated carbocycles. The molecule has 110 valence electrons. The van der Waals surface area contributed by atoms with Crippen LogP contribution in [-0.4, -0.2) is 17.7 Å². The Labute approximate surface area is 131 Å². The molecule has 0 atom stereocenters. The van der Waals surface area contributed by atoms with E-state index in [2.05, 4.69) is 38.5 Å². The van der Waals surface area contributed by atoms with Crippen LogP contribution in [0.3, 0.4) is 0 Å². The number of halogens is 1. The Bertz CT molecular complexity index is 602. The third-order valence-electron chi connectivity index (χ3n) is 2.78. The molecule has 0 spiro atoms. The number of nitrogens with one attached hydrogen (secondary N) is 2. The number of hydrogen-bond donors (Lipinski definition) is 2. The molecule has 0 fully saturated rings. The minimum atomic E-state index is -0.362. The van der Waals surface area contributed by atoms with Gasteiger partial charge in [0, 0.05) is 10.7 Å². The molecule has 5 nitrogen and oxygen atoms in total. The lowest BCUT2D eigenvalue weighted by atomic mass is 10.1. The minimum absolute atomic E-state index is 0.0966. The number of rotatable bonds is 5. The predicted molar refractivity (Wildman–Crippen MR) is 85.4 cm³/mol. The van der Waals surface area contributed by atoms with Crippen molar-refractivity contribution in [3.8, 4) is 5.75 Å². The Morgan fingerprint density at radius 1 is 1.29 bits per heavy atom. The van der Waals surface area contributed by atoms with Crippen LogP contribution < -0.4 is 15.4 Å². The van der Waals surface area contributed by atoms with E-state index in [9.17, 15) is 4.79 Å². The number of hydrogen-bond acceptors (Lipinski definition) is 3. The first-order chi connectivity index (χ1) is 10.2. The summed E-state index contributed by atoms with van der Waals surface area (Å²) in [6, 6.07) is 10.9. The fraction of sp³-hybridized carbons (Fsp3) is 0.200. The number of carbonyl (C=O) groups excluding carboxylic acids is 1. The number of para-hydroxylation sites is 1. The highest BCUT2D eigenvalue weighted by Crippen LogP contribution is 2.17. The zero-order chi connectivity index (χ0) is 15.1. The van der Waals surface area contributed by atoms with Crippen molar-refractivity contribution < 1.29 is 9.53 Å². The fourth-order valence-corrected chi connectivity index (χ4v) is 1.96. The van der Waals surface area contributed by atoms with Gasteiger partial charge in [0.2, 0.25) is 0 Å². The third-order valence-corrected chi connectivity index (χ3v) is 3.25. The third kappa shape index (κ3) is 4.75. The number of aromatic nitrogens is 1. The standard InChI is InChI=1S/C15H16BrN3O2/c1-2-11-5-3-4-6-13(11)21-10-18-15(20)19-14-8-7-12(16)9-17-14/h3-9H,2,10H2,1H3,(H2,17,18,19,20). The average Bonchev–Trinajstić information content (AvgIpc) is 2.50. The SMILES string of the molecule is CCc1ccccc1OCNC(=O)Nc1ccc(Br)cn1. The highest BCUT2D eigenvalue weighted by Gasteiger charge is 2.04. The Kier molecular flexibility index (Phi) is 5.57. The number of pyridine rings is 1. The molecule has 1 aromatic heterocycles. The smallest absolute Gasteiger partial charge is 0.323 e. The number of nitrogens with zero attached hydrogens (tertiary/aromatic N) is 1. The van der Waals surface area contributed by atoms with Crippen LogP contribution >= 0.6 is 15.9 Å². The number of carbonyl (C=O) groups is 1. The van der Waals surface area contributed by atoms with Gasteiger partial charge < -0.3 is 10.1 Å². The van der Waals surface area contributed by atoms with Gasteiger partial charge in [0.15, 0.2) is 6.73 Å². The lowest BCUT2D eigenvalue weighted by molar-refractivity contribution is 0.234. The topological polar surface area (TPSA) is 63.2 Å². The molecular formula is C15H16BrN3O2. The lowest BCUT2D eigenvalue weighted by Crippen LogP contribution is -2.32. The average molecular weight is 350 g/mol. The normalized spacial score (nSPS) is 10.0. The Hall–Kier alpha value is -2.08. The summed E-state index contributed by atoms with van der Waals surface area (Å²) in [5.41, 5.74) is 1.11. The van der Waals surface area contributed by atoms with Gasteiger partial charge in [-0.2, -0.15) is 0 Å². The van der Waals surface area contributed by atoms with Crippen molar-refractivity contribution >= 4 is 27.8 Å². The number of anilines is 1. The van der Waals surface area contributed by atoms with E-state index < -0.39 is 0 Å². The molecule has 2 rings (SSSR count). The first-order valence-corrected chi connectivity index (χ1v) is 7.35. The Morgan fingerprint density at radius 2 is 2.10 bits per heavy atom. The van der Waals surface area contributed by atoms with Crippen LogP contribution in [0.2, 0.25) is 0 Å². The van der Waals surface area contributed by atoms with Crippen molar-refractivity contribution in [3.05, 3.63) is 52.6 Å². The first kappa shape index (κ1) is 15.3. The van der Waals surface area contributed by atoms with Crippen LogP contribution in [0.25, 0.3) is 0 Å². The summed E-state index contributed by atoms with van der Waals surface area (Å²) in [7, 11) is 0. The highest BCUT2D eigenvalue weighted by atomic mass is 79.9. The summed E-state index contributed by atoms with van der Waals surface area (Å²) < 4.78 is 6.41. The van der Waals surface area contributed by atoms with Gasteiger partial charge in [-0.3, -0.25) is 5.32 Å². The van der Waals surface area contributed by atoms with Crippen molar-refractivity contribution in [3.63, 3.8) is 0 Å². The monoisotopic (exact) mass is 349 g/mol. The number of amides is 2. The molecule has 1 aromatic carbocycles. The quantitative estimate of drug-likeness (QED) is 0.811. The molecule has 2 N–H and O–H groups in total. The molecule has 0 aliphatic rings. The predicted octanol–water partition coefficient (Wildman–Crippen LogP) is 3.56. The van der Waals surface area contributed by atoms with Crippen LogP contribution in [0, 0.1) is 0 Å². The van der Waals surface area contributed by atoms with Crippen molar-refractivity contribution in [1.29, 1.82) is 0 Å². The molecule has 0 bridgehead atoms.